The first kappa shape index (κ1) is 25.1. The summed E-state index contributed by atoms with van der Waals surface area (Å²) >= 11 is 0. The van der Waals surface area contributed by atoms with E-state index in [1.807, 2.05) is 6.92 Å². The van der Waals surface area contributed by atoms with E-state index in [0.29, 0.717) is 27.7 Å². The van der Waals surface area contributed by atoms with Crippen LogP contribution in [0, 0.1) is 5.82 Å². The molecule has 0 aliphatic carbocycles. The highest BCUT2D eigenvalue weighted by atomic mass is 19.4. The number of amides is 1. The summed E-state index contributed by atoms with van der Waals surface area (Å²) < 4.78 is 68.3. The number of carbonyl (C=O) groups is 1. The number of nitrogens with zero attached hydrogens (tertiary/aromatic N) is 4. The monoisotopic (exact) mass is 541 g/mol. The first-order valence-corrected chi connectivity index (χ1v) is 12.2. The van der Waals surface area contributed by atoms with Gasteiger partial charge in [-0.15, -0.1) is 0 Å². The van der Waals surface area contributed by atoms with Gasteiger partial charge >= 0.3 is 6.18 Å². The van der Waals surface area contributed by atoms with Gasteiger partial charge < -0.3 is 15.2 Å². The van der Waals surface area contributed by atoms with Crippen molar-refractivity contribution in [3.63, 3.8) is 0 Å². The summed E-state index contributed by atoms with van der Waals surface area (Å²) in [5, 5.41) is 4.70. The average Bonchev–Trinajstić information content (AvgIpc) is 3.49. The third-order valence-corrected chi connectivity index (χ3v) is 7.22. The Morgan fingerprint density at radius 3 is 2.74 bits per heavy atom. The van der Waals surface area contributed by atoms with Gasteiger partial charge in [0.15, 0.2) is 0 Å². The van der Waals surface area contributed by atoms with Crippen LogP contribution in [-0.2, 0) is 24.6 Å². The minimum absolute atomic E-state index is 0.0189. The lowest BCUT2D eigenvalue weighted by molar-refractivity contribution is -0.137. The third kappa shape index (κ3) is 4.15. The third-order valence-electron chi connectivity index (χ3n) is 7.22. The van der Waals surface area contributed by atoms with Crippen molar-refractivity contribution < 1.29 is 31.8 Å². The molecular weight excluding hydrogens is 518 g/mol. The van der Waals surface area contributed by atoms with Crippen LogP contribution in [0.1, 0.15) is 58.1 Å². The SMILES string of the molecule is C[C@H]1OCc2c1c(N)nc1cc(F)c(C(=O)N(c3cnn(C)c3)C3CCOc4cc(C(F)(F)F)ccc43)cc21. The van der Waals surface area contributed by atoms with Crippen molar-refractivity contribution in [2.24, 2.45) is 7.05 Å². The van der Waals surface area contributed by atoms with E-state index in [1.165, 1.54) is 27.9 Å². The lowest BCUT2D eigenvalue weighted by atomic mass is 9.95. The van der Waals surface area contributed by atoms with Crippen LogP contribution < -0.4 is 15.4 Å². The van der Waals surface area contributed by atoms with Crippen molar-refractivity contribution in [1.82, 2.24) is 14.8 Å². The van der Waals surface area contributed by atoms with Crippen LogP contribution in [0.5, 0.6) is 5.75 Å². The molecule has 0 radical (unpaired) electrons. The number of halogens is 4. The minimum Gasteiger partial charge on any atom is -0.493 e. The number of carbonyl (C=O) groups excluding carboxylic acids is 1. The lowest BCUT2D eigenvalue weighted by Gasteiger charge is -2.35. The zero-order chi connectivity index (χ0) is 27.6. The standard InChI is InChI=1S/C27H23F4N5O3/c1-13-24-19(12-39-13)17-8-18(20(28)9-21(17)34-25(24)32)26(37)36(15-10-33-35(2)11-15)22-5-6-38-23-7-14(27(29,30)31)3-4-16(22)23/h3-4,7-11,13,22H,5-6,12H2,1-2H3,(H2,32,34)/t13-,22?/m1/s1. The topological polar surface area (TPSA) is 95.5 Å². The number of nitrogens with two attached hydrogens (primary N) is 1. The van der Waals surface area contributed by atoms with E-state index in [4.69, 9.17) is 15.2 Å². The van der Waals surface area contributed by atoms with Crippen LogP contribution >= 0.6 is 0 Å². The van der Waals surface area contributed by atoms with E-state index >= 15 is 4.39 Å². The Hall–Kier alpha value is -4.19. The largest absolute Gasteiger partial charge is 0.493 e. The number of ether oxygens (including phenoxy) is 2. The molecule has 6 rings (SSSR count). The number of nitrogen functional groups attached to an aromatic ring is 1. The fraction of sp³-hybridized carbons (Fsp3) is 0.296. The predicted molar refractivity (Wildman–Crippen MR) is 134 cm³/mol. The van der Waals surface area contributed by atoms with Gasteiger partial charge in [-0.2, -0.15) is 18.3 Å². The van der Waals surface area contributed by atoms with Crippen LogP contribution in [0.25, 0.3) is 10.9 Å². The summed E-state index contributed by atoms with van der Waals surface area (Å²) in [6, 6.07) is 5.04. The summed E-state index contributed by atoms with van der Waals surface area (Å²) in [4.78, 5) is 19.8. The summed E-state index contributed by atoms with van der Waals surface area (Å²) in [5.41, 5.74) is 7.49. The molecule has 8 nitrogen and oxygen atoms in total. The molecule has 4 heterocycles. The zero-order valence-electron chi connectivity index (χ0n) is 20.9. The Labute approximate surface area is 219 Å². The molecule has 2 aromatic heterocycles. The van der Waals surface area contributed by atoms with Crippen molar-refractivity contribution in [1.29, 1.82) is 0 Å². The van der Waals surface area contributed by atoms with Gasteiger partial charge in [-0.1, -0.05) is 6.07 Å². The maximum atomic E-state index is 15.5. The molecule has 0 spiro atoms. The predicted octanol–water partition coefficient (Wildman–Crippen LogP) is 5.47. The smallest absolute Gasteiger partial charge is 0.416 e. The number of fused-ring (bicyclic) bond motifs is 4. The van der Waals surface area contributed by atoms with E-state index in [1.54, 1.807) is 13.2 Å². The van der Waals surface area contributed by atoms with Crippen molar-refractivity contribution in [3.05, 3.63) is 76.4 Å². The number of pyridine rings is 1. The number of hydrogen-bond acceptors (Lipinski definition) is 6. The van der Waals surface area contributed by atoms with Gasteiger partial charge in [0.05, 0.1) is 53.9 Å². The summed E-state index contributed by atoms with van der Waals surface area (Å²) in [6.07, 6.45) is -1.55. The molecule has 2 atom stereocenters. The summed E-state index contributed by atoms with van der Waals surface area (Å²) in [7, 11) is 1.66. The molecule has 4 aromatic rings. The number of aryl methyl sites for hydroxylation is 1. The van der Waals surface area contributed by atoms with E-state index < -0.39 is 29.5 Å². The maximum absolute atomic E-state index is 15.5. The normalized spacial score (nSPS) is 18.5. The quantitative estimate of drug-likeness (QED) is 0.346. The van der Waals surface area contributed by atoms with Gasteiger partial charge in [-0.05, 0) is 30.7 Å². The highest BCUT2D eigenvalue weighted by Gasteiger charge is 2.37. The van der Waals surface area contributed by atoms with Crippen molar-refractivity contribution >= 4 is 28.3 Å². The molecule has 12 heteroatoms. The van der Waals surface area contributed by atoms with Crippen molar-refractivity contribution in [2.75, 3.05) is 17.2 Å². The van der Waals surface area contributed by atoms with Gasteiger partial charge in [0, 0.05) is 42.2 Å². The van der Waals surface area contributed by atoms with E-state index in [2.05, 4.69) is 10.1 Å². The molecule has 0 saturated carbocycles. The lowest BCUT2D eigenvalue weighted by Crippen LogP contribution is -2.38. The molecular formula is C27H23F4N5O3. The van der Waals surface area contributed by atoms with Crippen molar-refractivity contribution in [2.45, 2.75) is 38.3 Å². The molecule has 0 saturated heterocycles. The number of aromatic nitrogens is 3. The minimum atomic E-state index is -4.56. The fourth-order valence-electron chi connectivity index (χ4n) is 5.37. The van der Waals surface area contributed by atoms with Gasteiger partial charge in [-0.3, -0.25) is 14.4 Å². The van der Waals surface area contributed by atoms with Gasteiger partial charge in [-0.25, -0.2) is 9.37 Å². The number of alkyl halides is 3. The second-order valence-corrected chi connectivity index (χ2v) is 9.64. The second-order valence-electron chi connectivity index (χ2n) is 9.64. The molecule has 0 fully saturated rings. The molecule has 2 aliphatic heterocycles. The van der Waals surface area contributed by atoms with Gasteiger partial charge in [0.1, 0.15) is 17.4 Å². The molecule has 1 amide bonds. The fourth-order valence-corrected chi connectivity index (χ4v) is 5.37. The van der Waals surface area contributed by atoms with Crippen LogP contribution in [0.2, 0.25) is 0 Å². The molecule has 2 aliphatic rings. The molecule has 39 heavy (non-hydrogen) atoms. The number of benzene rings is 2. The number of hydrogen-bond donors (Lipinski definition) is 1. The Bertz CT molecular complexity index is 1630. The van der Waals surface area contributed by atoms with Crippen LogP contribution in [0.15, 0.2) is 42.7 Å². The van der Waals surface area contributed by atoms with E-state index in [0.717, 1.165) is 23.8 Å². The molecule has 2 N–H and O–H groups in total. The van der Waals surface area contributed by atoms with Crippen LogP contribution in [0.3, 0.4) is 0 Å². The highest BCUT2D eigenvalue weighted by molar-refractivity contribution is 6.09. The Morgan fingerprint density at radius 1 is 1.23 bits per heavy atom. The summed E-state index contributed by atoms with van der Waals surface area (Å²) in [6.45, 7) is 2.14. The number of rotatable bonds is 3. The average molecular weight is 542 g/mol. The van der Waals surface area contributed by atoms with E-state index in [9.17, 15) is 18.0 Å². The van der Waals surface area contributed by atoms with Gasteiger partial charge in [0.25, 0.3) is 5.91 Å². The van der Waals surface area contributed by atoms with Crippen LogP contribution in [0.4, 0.5) is 29.1 Å². The summed E-state index contributed by atoms with van der Waals surface area (Å²) in [5.74, 6) is -1.22. The van der Waals surface area contributed by atoms with Crippen molar-refractivity contribution in [3.8, 4) is 5.75 Å². The molecule has 2 aromatic carbocycles. The van der Waals surface area contributed by atoms with E-state index in [-0.39, 0.29) is 42.9 Å². The molecule has 1 unspecified atom stereocenters. The first-order chi connectivity index (χ1) is 18.5. The maximum Gasteiger partial charge on any atom is 0.416 e. The molecule has 202 valence electrons. The number of anilines is 2. The Balaban J connectivity index is 1.49. The van der Waals surface area contributed by atoms with Gasteiger partial charge in [0.2, 0.25) is 0 Å². The Kier molecular flexibility index (Phi) is 5.75. The Morgan fingerprint density at radius 2 is 2.03 bits per heavy atom. The highest BCUT2D eigenvalue weighted by Crippen LogP contribution is 2.43. The zero-order valence-corrected chi connectivity index (χ0v) is 20.9. The second kappa shape index (κ2) is 8.94. The first-order valence-electron chi connectivity index (χ1n) is 12.2. The van der Waals surface area contributed by atoms with Crippen LogP contribution in [-0.4, -0.2) is 27.3 Å². The molecule has 0 bridgehead atoms.